The summed E-state index contributed by atoms with van der Waals surface area (Å²) in [6.07, 6.45) is 5.03. The first-order chi connectivity index (χ1) is 8.59. The van der Waals surface area contributed by atoms with E-state index in [0.717, 1.165) is 36.3 Å². The van der Waals surface area contributed by atoms with Crippen LogP contribution in [0.2, 0.25) is 0 Å². The first kappa shape index (κ1) is 12.6. The minimum atomic E-state index is -1.06. The number of carboxylic acid groups (broad SMARTS) is 1. The molecule has 1 saturated heterocycles. The Balaban J connectivity index is 2.24. The van der Waals surface area contributed by atoms with Gasteiger partial charge in [-0.3, -0.25) is 4.79 Å². The standard InChI is InChI=1S/C12H17N3O3/c1-9(12(17)18)15-11(16)7-10(8-13-15)14-5-3-2-4-6-14/h7-9H,2-6H2,1H3,(H,17,18). The maximum atomic E-state index is 11.8. The normalized spacial score (nSPS) is 17.5. The highest BCUT2D eigenvalue weighted by Gasteiger charge is 2.17. The molecule has 0 aromatic carbocycles. The van der Waals surface area contributed by atoms with Crippen LogP contribution in [0, 0.1) is 0 Å². The molecule has 0 radical (unpaired) electrons. The summed E-state index contributed by atoms with van der Waals surface area (Å²) < 4.78 is 0.996. The summed E-state index contributed by atoms with van der Waals surface area (Å²) in [5.41, 5.74) is 0.418. The molecule has 2 heterocycles. The highest BCUT2D eigenvalue weighted by Crippen LogP contribution is 2.17. The SMILES string of the molecule is CC(C(=O)O)n1ncc(N2CCCCC2)cc1=O. The summed E-state index contributed by atoms with van der Waals surface area (Å²) in [6.45, 7) is 3.30. The summed E-state index contributed by atoms with van der Waals surface area (Å²) in [5.74, 6) is -1.06. The van der Waals surface area contributed by atoms with Crippen LogP contribution in [0.4, 0.5) is 5.69 Å². The maximum Gasteiger partial charge on any atom is 0.328 e. The van der Waals surface area contributed by atoms with Crippen LogP contribution >= 0.6 is 0 Å². The van der Waals surface area contributed by atoms with Crippen molar-refractivity contribution in [2.45, 2.75) is 32.2 Å². The number of piperidine rings is 1. The third kappa shape index (κ3) is 2.52. The van der Waals surface area contributed by atoms with Crippen molar-refractivity contribution in [2.75, 3.05) is 18.0 Å². The van der Waals surface area contributed by atoms with Gasteiger partial charge in [0.15, 0.2) is 6.04 Å². The molecule has 0 bridgehead atoms. The zero-order valence-electron chi connectivity index (χ0n) is 10.4. The Labute approximate surface area is 105 Å². The number of carboxylic acids is 1. The lowest BCUT2D eigenvalue weighted by molar-refractivity contribution is -0.140. The molecule has 1 atom stereocenters. The first-order valence-electron chi connectivity index (χ1n) is 6.16. The minimum absolute atomic E-state index is 0.368. The van der Waals surface area contributed by atoms with Crippen molar-refractivity contribution in [2.24, 2.45) is 0 Å². The largest absolute Gasteiger partial charge is 0.480 e. The quantitative estimate of drug-likeness (QED) is 0.863. The van der Waals surface area contributed by atoms with E-state index in [2.05, 4.69) is 10.00 Å². The van der Waals surface area contributed by atoms with Gasteiger partial charge in [0.2, 0.25) is 0 Å². The van der Waals surface area contributed by atoms with Crippen molar-refractivity contribution in [1.29, 1.82) is 0 Å². The van der Waals surface area contributed by atoms with Crippen LogP contribution in [0.15, 0.2) is 17.1 Å². The lowest BCUT2D eigenvalue weighted by Gasteiger charge is -2.28. The molecule has 1 aromatic rings. The van der Waals surface area contributed by atoms with Gasteiger partial charge in [-0.25, -0.2) is 9.48 Å². The van der Waals surface area contributed by atoms with Crippen LogP contribution in [0.5, 0.6) is 0 Å². The Morgan fingerprint density at radius 1 is 1.39 bits per heavy atom. The molecule has 1 unspecified atom stereocenters. The summed E-state index contributed by atoms with van der Waals surface area (Å²) in [7, 11) is 0. The Kier molecular flexibility index (Phi) is 3.64. The predicted octanol–water partition coefficient (Wildman–Crippen LogP) is 0.879. The number of anilines is 1. The van der Waals surface area contributed by atoms with Crippen LogP contribution in [-0.2, 0) is 4.79 Å². The number of rotatable bonds is 3. The van der Waals surface area contributed by atoms with Gasteiger partial charge in [0.05, 0.1) is 11.9 Å². The molecule has 6 nitrogen and oxygen atoms in total. The zero-order valence-corrected chi connectivity index (χ0v) is 10.4. The van der Waals surface area contributed by atoms with E-state index in [1.807, 2.05) is 0 Å². The average molecular weight is 251 g/mol. The molecule has 2 rings (SSSR count). The molecule has 98 valence electrons. The van der Waals surface area contributed by atoms with Gasteiger partial charge in [-0.15, -0.1) is 0 Å². The van der Waals surface area contributed by atoms with Crippen LogP contribution in [-0.4, -0.2) is 33.9 Å². The van der Waals surface area contributed by atoms with Crippen LogP contribution in [0.25, 0.3) is 0 Å². The van der Waals surface area contributed by atoms with E-state index in [1.165, 1.54) is 19.4 Å². The third-order valence-corrected chi connectivity index (χ3v) is 3.26. The van der Waals surface area contributed by atoms with Gasteiger partial charge in [0.25, 0.3) is 5.56 Å². The van der Waals surface area contributed by atoms with Gasteiger partial charge in [-0.05, 0) is 26.2 Å². The minimum Gasteiger partial charge on any atom is -0.480 e. The molecule has 0 spiro atoms. The van der Waals surface area contributed by atoms with Crippen molar-refractivity contribution < 1.29 is 9.90 Å². The van der Waals surface area contributed by atoms with Gasteiger partial charge in [0, 0.05) is 19.2 Å². The third-order valence-electron chi connectivity index (χ3n) is 3.26. The fourth-order valence-corrected chi connectivity index (χ4v) is 2.13. The van der Waals surface area contributed by atoms with Gasteiger partial charge < -0.3 is 10.0 Å². The zero-order chi connectivity index (χ0) is 13.1. The van der Waals surface area contributed by atoms with Crippen molar-refractivity contribution in [3.05, 3.63) is 22.6 Å². The van der Waals surface area contributed by atoms with E-state index in [1.54, 1.807) is 6.20 Å². The second-order valence-corrected chi connectivity index (χ2v) is 4.56. The van der Waals surface area contributed by atoms with E-state index < -0.39 is 12.0 Å². The van der Waals surface area contributed by atoms with E-state index in [-0.39, 0.29) is 5.56 Å². The van der Waals surface area contributed by atoms with Crippen molar-refractivity contribution in [3.8, 4) is 0 Å². The lowest BCUT2D eigenvalue weighted by Crippen LogP contribution is -2.34. The molecule has 0 aliphatic carbocycles. The summed E-state index contributed by atoms with van der Waals surface area (Å²) >= 11 is 0. The number of aromatic nitrogens is 2. The van der Waals surface area contributed by atoms with Gasteiger partial charge in [-0.2, -0.15) is 5.10 Å². The molecule has 0 amide bonds. The highest BCUT2D eigenvalue weighted by atomic mass is 16.4. The molecule has 1 fully saturated rings. The maximum absolute atomic E-state index is 11.8. The molecule has 1 aliphatic heterocycles. The summed E-state index contributed by atoms with van der Waals surface area (Å²) in [4.78, 5) is 24.8. The van der Waals surface area contributed by atoms with E-state index in [0.29, 0.717) is 0 Å². The number of hydrogen-bond acceptors (Lipinski definition) is 4. The first-order valence-corrected chi connectivity index (χ1v) is 6.16. The Morgan fingerprint density at radius 3 is 2.61 bits per heavy atom. The molecule has 6 heteroatoms. The number of carbonyl (C=O) groups is 1. The second-order valence-electron chi connectivity index (χ2n) is 4.56. The Morgan fingerprint density at radius 2 is 2.06 bits per heavy atom. The molecule has 1 N–H and O–H groups in total. The van der Waals surface area contributed by atoms with Crippen LogP contribution in [0.3, 0.4) is 0 Å². The van der Waals surface area contributed by atoms with Crippen molar-refractivity contribution >= 4 is 11.7 Å². The molecule has 1 aliphatic rings. The predicted molar refractivity (Wildman–Crippen MR) is 66.9 cm³/mol. The second kappa shape index (κ2) is 5.20. The Bertz CT molecular complexity index is 492. The molecular weight excluding hydrogens is 234 g/mol. The molecule has 18 heavy (non-hydrogen) atoms. The molecule has 0 saturated carbocycles. The number of aliphatic carboxylic acids is 1. The van der Waals surface area contributed by atoms with E-state index in [4.69, 9.17) is 5.11 Å². The number of hydrogen-bond donors (Lipinski definition) is 1. The number of nitrogens with zero attached hydrogens (tertiary/aromatic N) is 3. The highest BCUT2D eigenvalue weighted by molar-refractivity contribution is 5.71. The van der Waals surface area contributed by atoms with Crippen LogP contribution in [0.1, 0.15) is 32.2 Å². The lowest BCUT2D eigenvalue weighted by atomic mass is 10.1. The van der Waals surface area contributed by atoms with Gasteiger partial charge in [0.1, 0.15) is 0 Å². The van der Waals surface area contributed by atoms with E-state index in [9.17, 15) is 9.59 Å². The summed E-state index contributed by atoms with van der Waals surface area (Å²) in [5, 5.41) is 12.8. The van der Waals surface area contributed by atoms with E-state index >= 15 is 0 Å². The van der Waals surface area contributed by atoms with Gasteiger partial charge >= 0.3 is 5.97 Å². The fraction of sp³-hybridized carbons (Fsp3) is 0.583. The molecular formula is C12H17N3O3. The average Bonchev–Trinajstić information content (AvgIpc) is 2.38. The monoisotopic (exact) mass is 251 g/mol. The van der Waals surface area contributed by atoms with Crippen molar-refractivity contribution in [1.82, 2.24) is 9.78 Å². The topological polar surface area (TPSA) is 75.4 Å². The molecule has 1 aromatic heterocycles. The Hall–Kier alpha value is -1.85. The fourth-order valence-electron chi connectivity index (χ4n) is 2.13. The smallest absolute Gasteiger partial charge is 0.328 e. The summed E-state index contributed by atoms with van der Waals surface area (Å²) in [6, 6.07) is 0.533. The van der Waals surface area contributed by atoms with Crippen molar-refractivity contribution in [3.63, 3.8) is 0 Å². The van der Waals surface area contributed by atoms with Crippen LogP contribution < -0.4 is 10.5 Å². The van der Waals surface area contributed by atoms with Gasteiger partial charge in [-0.1, -0.05) is 0 Å².